The first kappa shape index (κ1) is 24.9. The molecule has 4 aromatic rings. The lowest BCUT2D eigenvalue weighted by molar-refractivity contribution is -0.132. The number of nitrogens with zero attached hydrogens (tertiary/aromatic N) is 2. The average molecular weight is 539 g/mol. The third-order valence-corrected chi connectivity index (χ3v) is 8.03. The number of benzene rings is 3. The van der Waals surface area contributed by atoms with Crippen LogP contribution in [-0.2, 0) is 11.2 Å². The van der Waals surface area contributed by atoms with Crippen molar-refractivity contribution in [3.05, 3.63) is 114 Å². The number of hydrogen-bond donors (Lipinski definition) is 0. The van der Waals surface area contributed by atoms with Gasteiger partial charge in [0, 0.05) is 12.5 Å². The van der Waals surface area contributed by atoms with E-state index in [1.807, 2.05) is 41.0 Å². The maximum absolute atomic E-state index is 13.9. The molecule has 3 aromatic carbocycles. The van der Waals surface area contributed by atoms with Crippen LogP contribution in [0.2, 0.25) is 0 Å². The summed E-state index contributed by atoms with van der Waals surface area (Å²) in [7, 11) is 3.15. The Morgan fingerprint density at radius 2 is 1.79 bits per heavy atom. The van der Waals surface area contributed by atoms with Crippen molar-refractivity contribution in [2.75, 3.05) is 14.2 Å². The zero-order valence-corrected chi connectivity index (χ0v) is 22.6. The topological polar surface area (TPSA) is 79.1 Å². The van der Waals surface area contributed by atoms with E-state index in [9.17, 15) is 9.59 Å². The molecule has 6 rings (SSSR count). The highest BCUT2D eigenvalue weighted by Crippen LogP contribution is 2.41. The summed E-state index contributed by atoms with van der Waals surface area (Å²) in [5.41, 5.74) is 6.16. The Morgan fingerprint density at radius 3 is 2.54 bits per heavy atom. The molecule has 1 aromatic heterocycles. The molecule has 2 heterocycles. The Balaban J connectivity index is 1.54. The van der Waals surface area contributed by atoms with E-state index < -0.39 is 5.97 Å². The minimum absolute atomic E-state index is 0.104. The molecule has 0 amide bonds. The lowest BCUT2D eigenvalue weighted by Crippen LogP contribution is -2.38. The van der Waals surface area contributed by atoms with Crippen LogP contribution in [0.15, 0.2) is 82.1 Å². The highest BCUT2D eigenvalue weighted by atomic mass is 32.1. The maximum atomic E-state index is 13.9. The minimum Gasteiger partial charge on any atom is -0.497 e. The second-order valence-corrected chi connectivity index (χ2v) is 10.4. The second-order valence-electron chi connectivity index (χ2n) is 9.39. The van der Waals surface area contributed by atoms with Gasteiger partial charge in [0.05, 0.1) is 30.5 Å². The molecule has 0 saturated carbocycles. The number of methoxy groups -OCH3 is 2. The van der Waals surface area contributed by atoms with Crippen LogP contribution in [0.3, 0.4) is 0 Å². The summed E-state index contributed by atoms with van der Waals surface area (Å²) in [5, 5.41) is 0. The molecular formula is C31H26N2O5S. The van der Waals surface area contributed by atoms with Gasteiger partial charge < -0.3 is 14.2 Å². The van der Waals surface area contributed by atoms with Gasteiger partial charge in [-0.05, 0) is 65.4 Å². The highest BCUT2D eigenvalue weighted by molar-refractivity contribution is 7.07. The number of allylic oxidation sites excluding steroid dienone is 1. The van der Waals surface area contributed by atoms with Crippen molar-refractivity contribution in [3.8, 4) is 17.2 Å². The van der Waals surface area contributed by atoms with E-state index in [-0.39, 0.29) is 11.6 Å². The number of hydrogen-bond acceptors (Lipinski definition) is 7. The van der Waals surface area contributed by atoms with Gasteiger partial charge in [0.15, 0.2) is 16.3 Å². The quantitative estimate of drug-likeness (QED) is 0.280. The number of aromatic nitrogens is 1. The Kier molecular flexibility index (Phi) is 6.40. The molecule has 0 N–H and O–H groups in total. The van der Waals surface area contributed by atoms with Crippen molar-refractivity contribution in [3.63, 3.8) is 0 Å². The predicted octanol–water partition coefficient (Wildman–Crippen LogP) is 4.26. The van der Waals surface area contributed by atoms with Crippen LogP contribution in [0.4, 0.5) is 0 Å². The monoisotopic (exact) mass is 538 g/mol. The highest BCUT2D eigenvalue weighted by Gasteiger charge is 2.32. The van der Waals surface area contributed by atoms with Crippen molar-refractivity contribution in [1.82, 2.24) is 4.57 Å². The van der Waals surface area contributed by atoms with E-state index in [1.165, 1.54) is 30.9 Å². The summed E-state index contributed by atoms with van der Waals surface area (Å²) in [4.78, 5) is 31.1. The van der Waals surface area contributed by atoms with Crippen LogP contribution in [0.25, 0.3) is 11.8 Å². The molecular weight excluding hydrogens is 512 g/mol. The van der Waals surface area contributed by atoms with Gasteiger partial charge in [-0.25, -0.2) is 4.99 Å². The van der Waals surface area contributed by atoms with Gasteiger partial charge in [-0.15, -0.1) is 0 Å². The fourth-order valence-corrected chi connectivity index (χ4v) is 6.27. The summed E-state index contributed by atoms with van der Waals surface area (Å²) in [6.07, 6.45) is 3.55. The molecule has 0 fully saturated rings. The summed E-state index contributed by atoms with van der Waals surface area (Å²) in [6.45, 7) is 1.34. The first-order valence-electron chi connectivity index (χ1n) is 12.6. The van der Waals surface area contributed by atoms with E-state index in [4.69, 9.17) is 19.2 Å². The molecule has 1 aliphatic heterocycles. The molecule has 1 atom stereocenters. The average Bonchev–Trinajstić information content (AvgIpc) is 3.26. The maximum Gasteiger partial charge on any atom is 0.308 e. The Labute approximate surface area is 228 Å². The van der Waals surface area contributed by atoms with Crippen molar-refractivity contribution < 1.29 is 19.0 Å². The summed E-state index contributed by atoms with van der Waals surface area (Å²) < 4.78 is 18.4. The number of thiazole rings is 1. The van der Waals surface area contributed by atoms with Crippen LogP contribution in [0.1, 0.15) is 41.6 Å². The third kappa shape index (κ3) is 4.46. The molecule has 0 bridgehead atoms. The first-order valence-corrected chi connectivity index (χ1v) is 13.4. The molecule has 196 valence electrons. The van der Waals surface area contributed by atoms with Gasteiger partial charge in [-0.1, -0.05) is 53.8 Å². The summed E-state index contributed by atoms with van der Waals surface area (Å²) in [5.74, 6) is 1.07. The Hall–Kier alpha value is -4.43. The second kappa shape index (κ2) is 10.0. The van der Waals surface area contributed by atoms with Crippen molar-refractivity contribution >= 4 is 29.1 Å². The number of esters is 1. The van der Waals surface area contributed by atoms with Crippen molar-refractivity contribution in [2.45, 2.75) is 25.8 Å². The molecule has 1 aliphatic carbocycles. The smallest absolute Gasteiger partial charge is 0.308 e. The normalized spacial score (nSPS) is 16.1. The van der Waals surface area contributed by atoms with Crippen molar-refractivity contribution in [1.29, 1.82) is 0 Å². The number of fused-ring (bicyclic) bond motifs is 3. The Morgan fingerprint density at radius 1 is 1.00 bits per heavy atom. The zero-order chi connectivity index (χ0) is 27.1. The van der Waals surface area contributed by atoms with Crippen LogP contribution >= 0.6 is 11.3 Å². The van der Waals surface area contributed by atoms with Gasteiger partial charge in [0.1, 0.15) is 5.75 Å². The number of carbonyl (C=O) groups is 1. The van der Waals surface area contributed by atoms with Gasteiger partial charge in [-0.3, -0.25) is 14.2 Å². The predicted molar refractivity (Wildman–Crippen MR) is 150 cm³/mol. The van der Waals surface area contributed by atoms with Crippen molar-refractivity contribution in [2.24, 2.45) is 4.99 Å². The molecule has 0 saturated heterocycles. The van der Waals surface area contributed by atoms with Gasteiger partial charge in [0.25, 0.3) is 5.56 Å². The molecule has 2 aliphatic rings. The van der Waals surface area contributed by atoms with Gasteiger partial charge in [-0.2, -0.15) is 0 Å². The molecule has 39 heavy (non-hydrogen) atoms. The molecule has 0 unspecified atom stereocenters. The van der Waals surface area contributed by atoms with Crippen LogP contribution < -0.4 is 29.1 Å². The van der Waals surface area contributed by atoms with Crippen LogP contribution in [0, 0.1) is 0 Å². The molecule has 0 spiro atoms. The zero-order valence-electron chi connectivity index (χ0n) is 21.8. The van der Waals surface area contributed by atoms with E-state index in [1.54, 1.807) is 25.3 Å². The van der Waals surface area contributed by atoms with E-state index >= 15 is 0 Å². The molecule has 7 nitrogen and oxygen atoms in total. The molecule has 8 heteroatoms. The summed E-state index contributed by atoms with van der Waals surface area (Å²) in [6, 6.07) is 21.2. The fraction of sp³-hybridized carbons (Fsp3) is 0.194. The fourth-order valence-electron chi connectivity index (χ4n) is 5.27. The lowest BCUT2D eigenvalue weighted by Gasteiger charge is -2.30. The SMILES string of the molecule is COc1ccc([C@@H]2C3=C(N=c4s/c(=C\c5ccc(OC(C)=O)c(OC)c5)c(=O)n42)c2ccccc2CC3)cc1. The van der Waals surface area contributed by atoms with Crippen LogP contribution in [0.5, 0.6) is 17.2 Å². The van der Waals surface area contributed by atoms with E-state index in [2.05, 4.69) is 18.2 Å². The van der Waals surface area contributed by atoms with E-state index in [0.717, 1.165) is 46.6 Å². The summed E-state index contributed by atoms with van der Waals surface area (Å²) >= 11 is 1.36. The lowest BCUT2D eigenvalue weighted by atomic mass is 9.83. The largest absolute Gasteiger partial charge is 0.497 e. The number of rotatable bonds is 5. The number of carbonyl (C=O) groups excluding carboxylic acids is 1. The van der Waals surface area contributed by atoms with Gasteiger partial charge >= 0.3 is 5.97 Å². The third-order valence-electron chi connectivity index (χ3n) is 7.04. The molecule has 0 radical (unpaired) electrons. The minimum atomic E-state index is -0.432. The Bertz CT molecular complexity index is 1810. The first-order chi connectivity index (χ1) is 19.0. The van der Waals surface area contributed by atoms with Crippen LogP contribution in [-0.4, -0.2) is 24.8 Å². The van der Waals surface area contributed by atoms with E-state index in [0.29, 0.717) is 20.8 Å². The number of ether oxygens (including phenoxy) is 3. The standard InChI is InChI=1S/C31H26N2O5S/c1-18(34)38-25-15-8-19(16-26(25)37-3)17-27-30(35)33-29(21-9-12-22(36-2)13-10-21)24-14-11-20-6-4-5-7-23(20)28(24)32-31(33)39-27/h4-10,12-13,15-17,29H,11,14H2,1-3H3/b27-17-/t29-/m1/s1. The van der Waals surface area contributed by atoms with Gasteiger partial charge in [0.2, 0.25) is 0 Å². The number of aryl methyl sites for hydroxylation is 1.